The summed E-state index contributed by atoms with van der Waals surface area (Å²) in [6.07, 6.45) is 17.3. The van der Waals surface area contributed by atoms with Crippen molar-refractivity contribution in [2.24, 2.45) is 4.99 Å². The average Bonchev–Trinajstić information content (AvgIpc) is 2.53. The number of unbranched alkanes of at least 4 members (excludes halogenated alkanes) is 9. The summed E-state index contributed by atoms with van der Waals surface area (Å²) in [7, 11) is 0. The molecule has 130 valence electrons. The maximum atomic E-state index is 10.1. The van der Waals surface area contributed by atoms with Gasteiger partial charge in [0, 0.05) is 0 Å². The fraction of sp³-hybridized carbons (Fsp3) is 0.947. The molecule has 0 aromatic rings. The lowest BCUT2D eigenvalue weighted by Gasteiger charge is -2.22. The van der Waals surface area contributed by atoms with Crippen LogP contribution in [0, 0.1) is 0 Å². The van der Waals surface area contributed by atoms with Crippen LogP contribution in [0.4, 0.5) is 0 Å². The first-order valence-corrected chi connectivity index (χ1v) is 9.61. The Bertz CT molecular complexity index is 248. The van der Waals surface area contributed by atoms with Crippen LogP contribution in [0.5, 0.6) is 0 Å². The second-order valence-electron chi connectivity index (χ2n) is 6.35. The van der Waals surface area contributed by atoms with Crippen LogP contribution >= 0.6 is 0 Å². The van der Waals surface area contributed by atoms with Gasteiger partial charge in [-0.15, -0.1) is 0 Å². The average molecular weight is 311 g/mol. The van der Waals surface area contributed by atoms with E-state index in [9.17, 15) is 4.79 Å². The number of carbonyl (C=O) groups excluding carboxylic acids is 1. The molecule has 0 spiro atoms. The fourth-order valence-electron chi connectivity index (χ4n) is 2.79. The van der Waals surface area contributed by atoms with Crippen molar-refractivity contribution in [1.29, 1.82) is 0 Å². The lowest BCUT2D eigenvalue weighted by atomic mass is 10.1. The molecule has 0 saturated carbocycles. The van der Waals surface area contributed by atoms with Crippen LogP contribution < -0.4 is 0 Å². The monoisotopic (exact) mass is 310 g/mol. The second-order valence-corrected chi connectivity index (χ2v) is 6.35. The van der Waals surface area contributed by atoms with Crippen LogP contribution in [-0.4, -0.2) is 37.2 Å². The summed E-state index contributed by atoms with van der Waals surface area (Å²) in [6.45, 7) is 8.83. The van der Waals surface area contributed by atoms with Crippen molar-refractivity contribution in [2.45, 2.75) is 90.9 Å². The molecular weight excluding hydrogens is 272 g/mol. The van der Waals surface area contributed by atoms with Gasteiger partial charge in [-0.3, -0.25) is 0 Å². The number of aliphatic imine (C=N–C) groups is 1. The molecule has 0 heterocycles. The molecule has 0 aliphatic carbocycles. The van der Waals surface area contributed by atoms with Crippen molar-refractivity contribution in [3.05, 3.63) is 0 Å². The maximum Gasteiger partial charge on any atom is 0.234 e. The molecule has 0 saturated heterocycles. The van der Waals surface area contributed by atoms with E-state index < -0.39 is 0 Å². The van der Waals surface area contributed by atoms with Crippen LogP contribution in [0.25, 0.3) is 0 Å². The first kappa shape index (κ1) is 21.3. The molecule has 0 fully saturated rings. The van der Waals surface area contributed by atoms with E-state index in [-0.39, 0.29) is 0 Å². The lowest BCUT2D eigenvalue weighted by molar-refractivity contribution is 0.256. The van der Waals surface area contributed by atoms with E-state index >= 15 is 0 Å². The highest BCUT2D eigenvalue weighted by molar-refractivity contribution is 5.32. The van der Waals surface area contributed by atoms with Crippen molar-refractivity contribution in [3.63, 3.8) is 0 Å². The molecule has 0 radical (unpaired) electrons. The van der Waals surface area contributed by atoms with Crippen molar-refractivity contribution >= 4 is 6.08 Å². The Hall–Kier alpha value is -0.660. The fourth-order valence-corrected chi connectivity index (χ4v) is 2.79. The Balaban J connectivity index is 3.78. The topological polar surface area (TPSA) is 32.7 Å². The van der Waals surface area contributed by atoms with Crippen molar-refractivity contribution < 1.29 is 4.79 Å². The molecule has 22 heavy (non-hydrogen) atoms. The normalized spacial score (nSPS) is 10.9. The summed E-state index contributed by atoms with van der Waals surface area (Å²) < 4.78 is 0. The van der Waals surface area contributed by atoms with Crippen LogP contribution in [0.15, 0.2) is 4.99 Å². The SMILES string of the molecule is CCCCCCCN(CCCCCCC)CCCCN=C=O. The summed E-state index contributed by atoms with van der Waals surface area (Å²) >= 11 is 0. The minimum atomic E-state index is 0.643. The Kier molecular flexibility index (Phi) is 17.8. The van der Waals surface area contributed by atoms with Gasteiger partial charge in [0.05, 0.1) is 6.54 Å². The van der Waals surface area contributed by atoms with Gasteiger partial charge >= 0.3 is 0 Å². The molecule has 0 N–H and O–H groups in total. The Labute approximate surface area is 138 Å². The van der Waals surface area contributed by atoms with Crippen molar-refractivity contribution in [3.8, 4) is 0 Å². The summed E-state index contributed by atoms with van der Waals surface area (Å²) in [6, 6.07) is 0. The Morgan fingerprint density at radius 1 is 0.682 bits per heavy atom. The van der Waals surface area contributed by atoms with Crippen molar-refractivity contribution in [2.75, 3.05) is 26.2 Å². The van der Waals surface area contributed by atoms with Gasteiger partial charge in [0.2, 0.25) is 6.08 Å². The molecule has 0 aromatic heterocycles. The Morgan fingerprint density at radius 3 is 1.59 bits per heavy atom. The maximum absolute atomic E-state index is 10.1. The first-order valence-electron chi connectivity index (χ1n) is 9.61. The number of rotatable bonds is 17. The third-order valence-electron chi connectivity index (χ3n) is 4.21. The smallest absolute Gasteiger partial charge is 0.234 e. The molecule has 0 bridgehead atoms. The van der Waals surface area contributed by atoms with Gasteiger partial charge in [0.25, 0.3) is 0 Å². The summed E-state index contributed by atoms with van der Waals surface area (Å²) in [4.78, 5) is 16.3. The van der Waals surface area contributed by atoms with Gasteiger partial charge in [-0.2, -0.15) is 0 Å². The summed E-state index contributed by atoms with van der Waals surface area (Å²) in [5.74, 6) is 0. The van der Waals surface area contributed by atoms with Gasteiger partial charge < -0.3 is 4.90 Å². The zero-order chi connectivity index (χ0) is 16.3. The van der Waals surface area contributed by atoms with Gasteiger partial charge in [0.15, 0.2) is 0 Å². The summed E-state index contributed by atoms with van der Waals surface area (Å²) in [5, 5.41) is 0. The highest BCUT2D eigenvalue weighted by Crippen LogP contribution is 2.08. The van der Waals surface area contributed by atoms with Crippen LogP contribution in [0.3, 0.4) is 0 Å². The Morgan fingerprint density at radius 2 is 1.14 bits per heavy atom. The predicted molar refractivity (Wildman–Crippen MR) is 96.2 cm³/mol. The van der Waals surface area contributed by atoms with Gasteiger partial charge in [-0.25, -0.2) is 9.79 Å². The van der Waals surface area contributed by atoms with Crippen LogP contribution in [-0.2, 0) is 4.79 Å². The third kappa shape index (κ3) is 15.7. The minimum absolute atomic E-state index is 0.643. The molecule has 0 atom stereocenters. The van der Waals surface area contributed by atoms with Crippen LogP contribution in [0.2, 0.25) is 0 Å². The van der Waals surface area contributed by atoms with Crippen molar-refractivity contribution in [1.82, 2.24) is 4.90 Å². The van der Waals surface area contributed by atoms with E-state index in [2.05, 4.69) is 23.7 Å². The molecule has 0 unspecified atom stereocenters. The zero-order valence-electron chi connectivity index (χ0n) is 15.1. The number of nitrogens with zero attached hydrogens (tertiary/aromatic N) is 2. The number of hydrogen-bond donors (Lipinski definition) is 0. The number of hydrogen-bond acceptors (Lipinski definition) is 3. The van der Waals surface area contributed by atoms with Gasteiger partial charge in [0.1, 0.15) is 0 Å². The third-order valence-corrected chi connectivity index (χ3v) is 4.21. The highest BCUT2D eigenvalue weighted by Gasteiger charge is 2.04. The van der Waals surface area contributed by atoms with E-state index in [1.165, 1.54) is 77.3 Å². The van der Waals surface area contributed by atoms with E-state index in [4.69, 9.17) is 0 Å². The van der Waals surface area contributed by atoms with E-state index in [0.717, 1.165) is 19.4 Å². The minimum Gasteiger partial charge on any atom is -0.303 e. The zero-order valence-corrected chi connectivity index (χ0v) is 15.1. The van der Waals surface area contributed by atoms with Gasteiger partial charge in [-0.05, 0) is 45.3 Å². The van der Waals surface area contributed by atoms with Gasteiger partial charge in [-0.1, -0.05) is 65.2 Å². The molecule has 0 aromatic carbocycles. The lowest BCUT2D eigenvalue weighted by Crippen LogP contribution is -2.27. The molecule has 0 rings (SSSR count). The molecule has 3 nitrogen and oxygen atoms in total. The number of isocyanates is 1. The highest BCUT2D eigenvalue weighted by atomic mass is 16.1. The van der Waals surface area contributed by atoms with E-state index in [1.807, 2.05) is 0 Å². The van der Waals surface area contributed by atoms with E-state index in [1.54, 1.807) is 6.08 Å². The molecule has 3 heteroatoms. The quantitative estimate of drug-likeness (QED) is 0.206. The van der Waals surface area contributed by atoms with E-state index in [0.29, 0.717) is 6.54 Å². The second kappa shape index (κ2) is 18.4. The summed E-state index contributed by atoms with van der Waals surface area (Å²) in [5.41, 5.74) is 0. The first-order chi connectivity index (χ1) is 10.8. The largest absolute Gasteiger partial charge is 0.303 e. The molecule has 0 aliphatic rings. The molecular formula is C19H38N2O. The van der Waals surface area contributed by atoms with Crippen LogP contribution in [0.1, 0.15) is 90.9 Å². The predicted octanol–water partition coefficient (Wildman–Crippen LogP) is 5.35. The standard InChI is InChI=1S/C19H38N2O/c1-3-5-7-9-12-16-21(17-13-10-8-6-4-2)18-14-11-15-20-19-22/h3-18H2,1-2H3. The molecule has 0 amide bonds. The molecule has 0 aliphatic heterocycles.